The van der Waals surface area contributed by atoms with E-state index in [0.717, 1.165) is 35.9 Å². The molecule has 0 unspecified atom stereocenters. The smallest absolute Gasteiger partial charge is 0.265 e. The molecule has 1 amide bonds. The van der Waals surface area contributed by atoms with Gasteiger partial charge in [0.1, 0.15) is 4.88 Å². The van der Waals surface area contributed by atoms with Crippen molar-refractivity contribution in [1.29, 1.82) is 0 Å². The molecule has 0 saturated carbocycles. The fraction of sp³-hybridized carbons (Fsp3) is 0.636. The molecule has 3 heterocycles. The maximum absolute atomic E-state index is 12.3. The Morgan fingerprint density at radius 3 is 3.25 bits per heavy atom. The number of aryl methyl sites for hydroxylation is 1. The van der Waals surface area contributed by atoms with E-state index in [-0.39, 0.29) is 5.91 Å². The predicted octanol–water partition coefficient (Wildman–Crippen LogP) is 0.885. The maximum atomic E-state index is 12.3. The van der Waals surface area contributed by atoms with Gasteiger partial charge >= 0.3 is 0 Å². The number of nitrogens with zero attached hydrogens (tertiary/aromatic N) is 2. The van der Waals surface area contributed by atoms with E-state index in [9.17, 15) is 4.79 Å². The number of carbonyl (C=O) groups excluding carboxylic acids is 1. The summed E-state index contributed by atoms with van der Waals surface area (Å²) in [4.78, 5) is 19.2. The molecule has 0 spiro atoms. The van der Waals surface area contributed by atoms with Crippen LogP contribution in [0.3, 0.4) is 0 Å². The number of carbonyl (C=O) groups is 1. The van der Waals surface area contributed by atoms with Crippen LogP contribution in [0.2, 0.25) is 0 Å². The van der Waals surface area contributed by atoms with Gasteiger partial charge in [-0.15, -0.1) is 11.3 Å². The number of likely N-dealkylation sites (tertiary alicyclic amines) is 1. The Morgan fingerprint density at radius 2 is 2.50 bits per heavy atom. The molecule has 1 aromatic rings. The Morgan fingerprint density at radius 1 is 1.62 bits per heavy atom. The van der Waals surface area contributed by atoms with E-state index in [2.05, 4.69) is 10.3 Å². The van der Waals surface area contributed by atoms with Crippen LogP contribution >= 0.6 is 11.3 Å². The molecule has 2 saturated heterocycles. The van der Waals surface area contributed by atoms with Crippen molar-refractivity contribution in [2.24, 2.45) is 5.92 Å². The molecular formula is C11H15N3OS. The average Bonchev–Trinajstić information content (AvgIpc) is 2.90. The summed E-state index contributed by atoms with van der Waals surface area (Å²) in [6, 6.07) is 0.412. The zero-order chi connectivity index (χ0) is 11.1. The first-order valence-electron chi connectivity index (χ1n) is 5.70. The van der Waals surface area contributed by atoms with E-state index in [1.54, 1.807) is 6.20 Å². The highest BCUT2D eigenvalue weighted by Gasteiger charge is 2.40. The third kappa shape index (κ3) is 1.55. The fourth-order valence-electron chi connectivity index (χ4n) is 2.70. The van der Waals surface area contributed by atoms with E-state index >= 15 is 0 Å². The first kappa shape index (κ1) is 10.2. The van der Waals surface area contributed by atoms with Gasteiger partial charge in [-0.05, 0) is 19.3 Å². The van der Waals surface area contributed by atoms with Crippen molar-refractivity contribution in [2.45, 2.75) is 19.4 Å². The molecule has 0 aliphatic carbocycles. The highest BCUT2D eigenvalue weighted by molar-refractivity contribution is 7.13. The molecule has 5 heteroatoms. The van der Waals surface area contributed by atoms with Crippen molar-refractivity contribution in [1.82, 2.24) is 15.2 Å². The van der Waals surface area contributed by atoms with Crippen molar-refractivity contribution in [3.8, 4) is 0 Å². The molecule has 4 nitrogen and oxygen atoms in total. The molecule has 2 fully saturated rings. The summed E-state index contributed by atoms with van der Waals surface area (Å²) in [6.07, 6.45) is 2.85. The normalized spacial score (nSPS) is 28.4. The first-order chi connectivity index (χ1) is 7.75. The predicted molar refractivity (Wildman–Crippen MR) is 62.7 cm³/mol. The van der Waals surface area contributed by atoms with Crippen LogP contribution < -0.4 is 5.32 Å². The summed E-state index contributed by atoms with van der Waals surface area (Å²) in [5, 5.41) is 4.32. The second kappa shape index (κ2) is 3.82. The lowest BCUT2D eigenvalue weighted by Gasteiger charge is -2.22. The van der Waals surface area contributed by atoms with Crippen LogP contribution in [-0.2, 0) is 0 Å². The standard InChI is InChI=1S/C11H15N3OS/c1-7-13-6-10(16-7)11(15)14-3-2-8-4-12-5-9(8)14/h6,8-9,12H,2-5H2,1H3/t8-,9+/m0/s1. The van der Waals surface area contributed by atoms with Crippen LogP contribution in [0.5, 0.6) is 0 Å². The van der Waals surface area contributed by atoms with Gasteiger partial charge in [0.05, 0.1) is 11.2 Å². The summed E-state index contributed by atoms with van der Waals surface area (Å²) in [5.74, 6) is 0.833. The summed E-state index contributed by atoms with van der Waals surface area (Å²) < 4.78 is 0. The molecule has 2 aliphatic rings. The number of fused-ring (bicyclic) bond motifs is 1. The van der Waals surface area contributed by atoms with E-state index in [1.165, 1.54) is 11.3 Å². The zero-order valence-electron chi connectivity index (χ0n) is 9.27. The Bertz CT molecular complexity index is 417. The highest BCUT2D eigenvalue weighted by Crippen LogP contribution is 2.29. The van der Waals surface area contributed by atoms with Gasteiger partial charge in [0.25, 0.3) is 5.91 Å². The SMILES string of the molecule is Cc1ncc(C(=O)N2CC[C@H]3CNC[C@H]32)s1. The van der Waals surface area contributed by atoms with Gasteiger partial charge in [0, 0.05) is 25.7 Å². The van der Waals surface area contributed by atoms with E-state index < -0.39 is 0 Å². The lowest BCUT2D eigenvalue weighted by atomic mass is 10.1. The monoisotopic (exact) mass is 237 g/mol. The van der Waals surface area contributed by atoms with Crippen LogP contribution in [0.4, 0.5) is 0 Å². The minimum absolute atomic E-state index is 0.168. The number of rotatable bonds is 1. The summed E-state index contributed by atoms with van der Waals surface area (Å²) in [7, 11) is 0. The van der Waals surface area contributed by atoms with Crippen molar-refractivity contribution in [3.05, 3.63) is 16.1 Å². The Hall–Kier alpha value is -0.940. The van der Waals surface area contributed by atoms with Gasteiger partial charge in [-0.3, -0.25) is 4.79 Å². The lowest BCUT2D eigenvalue weighted by Crippen LogP contribution is -2.38. The second-order valence-corrected chi connectivity index (χ2v) is 5.75. The summed E-state index contributed by atoms with van der Waals surface area (Å²) >= 11 is 1.49. The minimum atomic E-state index is 0.168. The van der Waals surface area contributed by atoms with Crippen LogP contribution in [0.1, 0.15) is 21.1 Å². The van der Waals surface area contributed by atoms with Gasteiger partial charge in [-0.2, -0.15) is 0 Å². The second-order valence-electron chi connectivity index (χ2n) is 4.52. The molecule has 86 valence electrons. The van der Waals surface area contributed by atoms with Crippen molar-refractivity contribution in [2.75, 3.05) is 19.6 Å². The molecule has 0 bridgehead atoms. The van der Waals surface area contributed by atoms with E-state index in [4.69, 9.17) is 0 Å². The van der Waals surface area contributed by atoms with Crippen LogP contribution in [0.25, 0.3) is 0 Å². The van der Waals surface area contributed by atoms with E-state index in [0.29, 0.717) is 12.0 Å². The fourth-order valence-corrected chi connectivity index (χ4v) is 3.44. The van der Waals surface area contributed by atoms with Gasteiger partial charge in [0.15, 0.2) is 0 Å². The molecule has 1 aromatic heterocycles. The van der Waals surface area contributed by atoms with E-state index in [1.807, 2.05) is 11.8 Å². The molecule has 2 aliphatic heterocycles. The summed E-state index contributed by atoms with van der Waals surface area (Å²) in [6.45, 7) is 4.86. The van der Waals surface area contributed by atoms with Crippen molar-refractivity contribution >= 4 is 17.2 Å². The highest BCUT2D eigenvalue weighted by atomic mass is 32.1. The van der Waals surface area contributed by atoms with Crippen molar-refractivity contribution < 1.29 is 4.79 Å². The maximum Gasteiger partial charge on any atom is 0.265 e. The number of hydrogen-bond acceptors (Lipinski definition) is 4. The van der Waals surface area contributed by atoms with Crippen molar-refractivity contribution in [3.63, 3.8) is 0 Å². The average molecular weight is 237 g/mol. The molecule has 3 rings (SSSR count). The molecule has 16 heavy (non-hydrogen) atoms. The third-order valence-electron chi connectivity index (χ3n) is 3.54. The molecular weight excluding hydrogens is 222 g/mol. The first-order valence-corrected chi connectivity index (χ1v) is 6.51. The number of amides is 1. The summed E-state index contributed by atoms with van der Waals surface area (Å²) in [5.41, 5.74) is 0. The zero-order valence-corrected chi connectivity index (χ0v) is 10.1. The Labute approximate surface area is 98.7 Å². The van der Waals surface area contributed by atoms with Gasteiger partial charge in [0.2, 0.25) is 0 Å². The molecule has 0 radical (unpaired) electrons. The Balaban J connectivity index is 1.80. The third-order valence-corrected chi connectivity index (χ3v) is 4.44. The number of hydrogen-bond donors (Lipinski definition) is 1. The van der Waals surface area contributed by atoms with Crippen LogP contribution in [0.15, 0.2) is 6.20 Å². The largest absolute Gasteiger partial charge is 0.333 e. The number of nitrogens with one attached hydrogen (secondary N) is 1. The molecule has 1 N–H and O–H groups in total. The van der Waals surface area contributed by atoms with Gasteiger partial charge in [-0.25, -0.2) is 4.98 Å². The quantitative estimate of drug-likeness (QED) is 0.789. The lowest BCUT2D eigenvalue weighted by molar-refractivity contribution is 0.0741. The van der Waals surface area contributed by atoms with Gasteiger partial charge in [-0.1, -0.05) is 0 Å². The van der Waals surface area contributed by atoms with Gasteiger partial charge < -0.3 is 10.2 Å². The topological polar surface area (TPSA) is 45.2 Å². The van der Waals surface area contributed by atoms with Crippen LogP contribution in [0, 0.1) is 12.8 Å². The van der Waals surface area contributed by atoms with Crippen LogP contribution in [-0.4, -0.2) is 41.5 Å². The molecule has 2 atom stereocenters. The minimum Gasteiger partial charge on any atom is -0.333 e. The number of thiazole rings is 1. The Kier molecular flexibility index (Phi) is 2.44. The molecule has 0 aromatic carbocycles. The number of aromatic nitrogens is 1.